The zero-order valence-electron chi connectivity index (χ0n) is 25.8. The number of piperazine rings is 1. The highest BCUT2D eigenvalue weighted by Gasteiger charge is 2.34. The Bertz CT molecular complexity index is 1670. The number of hydrogen-bond donors (Lipinski definition) is 0. The van der Waals surface area contributed by atoms with E-state index >= 15 is 0 Å². The summed E-state index contributed by atoms with van der Waals surface area (Å²) in [5, 5.41) is 12.0. The van der Waals surface area contributed by atoms with E-state index in [2.05, 4.69) is 59.2 Å². The molecule has 10 nitrogen and oxygen atoms in total. The van der Waals surface area contributed by atoms with Crippen molar-refractivity contribution in [2.75, 3.05) is 62.9 Å². The lowest BCUT2D eigenvalue weighted by atomic mass is 9.99. The Balaban J connectivity index is 1.32. The molecule has 4 heterocycles. The smallest absolute Gasteiger partial charge is 0.318 e. The largest absolute Gasteiger partial charge is 0.463 e. The van der Waals surface area contributed by atoms with Gasteiger partial charge in [0.25, 0.3) is 0 Å². The number of amides is 2. The Morgan fingerprint density at radius 1 is 1.13 bits per heavy atom. The van der Waals surface area contributed by atoms with Gasteiger partial charge >= 0.3 is 6.01 Å². The van der Waals surface area contributed by atoms with E-state index < -0.39 is 6.67 Å². The molecule has 6 rings (SSSR count). The van der Waals surface area contributed by atoms with Crippen molar-refractivity contribution in [2.24, 2.45) is 5.92 Å². The van der Waals surface area contributed by atoms with E-state index in [-0.39, 0.29) is 36.2 Å². The van der Waals surface area contributed by atoms with Crippen molar-refractivity contribution in [1.29, 1.82) is 5.26 Å². The SMILES string of the molecule is Cc1cccc2cccc(N3CCc4c(nc(OCC5CC(=O)N(C)C5)nc4N4CCN(C(=O)/C=C/CF)[C@@H](CC#N)C4)C3)c12. The fourth-order valence-electron chi connectivity index (χ4n) is 6.81. The third-order valence-corrected chi connectivity index (χ3v) is 9.07. The second-order valence-electron chi connectivity index (χ2n) is 12.1. The van der Waals surface area contributed by atoms with Crippen LogP contribution < -0.4 is 14.5 Å². The molecule has 0 saturated carbocycles. The minimum Gasteiger partial charge on any atom is -0.463 e. The van der Waals surface area contributed by atoms with Gasteiger partial charge in [0, 0.05) is 74.8 Å². The molecule has 3 aliphatic heterocycles. The minimum atomic E-state index is -0.717. The van der Waals surface area contributed by atoms with Crippen molar-refractivity contribution < 1.29 is 18.7 Å². The van der Waals surface area contributed by atoms with Crippen molar-refractivity contribution in [3.8, 4) is 12.1 Å². The molecule has 2 aromatic carbocycles. The molecule has 3 aromatic rings. The monoisotopic (exact) mass is 611 g/mol. The van der Waals surface area contributed by atoms with Crippen LogP contribution in [0.3, 0.4) is 0 Å². The van der Waals surface area contributed by atoms with Gasteiger partial charge in [-0.3, -0.25) is 9.59 Å². The van der Waals surface area contributed by atoms with Gasteiger partial charge in [0.2, 0.25) is 11.8 Å². The maximum absolute atomic E-state index is 12.8. The summed E-state index contributed by atoms with van der Waals surface area (Å²) in [6.07, 6.45) is 3.75. The quantitative estimate of drug-likeness (QED) is 0.354. The van der Waals surface area contributed by atoms with Gasteiger partial charge in [0.15, 0.2) is 0 Å². The molecular formula is C34H38FN7O3. The molecule has 2 saturated heterocycles. The Labute approximate surface area is 262 Å². The Hall–Kier alpha value is -4.72. The van der Waals surface area contributed by atoms with Gasteiger partial charge in [-0.15, -0.1) is 0 Å². The van der Waals surface area contributed by atoms with Crippen LogP contribution in [0.15, 0.2) is 48.6 Å². The van der Waals surface area contributed by atoms with E-state index in [1.807, 2.05) is 0 Å². The minimum absolute atomic E-state index is 0.0627. The molecule has 0 radical (unpaired) electrons. The van der Waals surface area contributed by atoms with Gasteiger partial charge in [-0.05, 0) is 36.4 Å². The van der Waals surface area contributed by atoms with Crippen molar-refractivity contribution in [1.82, 2.24) is 19.8 Å². The lowest BCUT2D eigenvalue weighted by Gasteiger charge is -2.42. The summed E-state index contributed by atoms with van der Waals surface area (Å²) < 4.78 is 18.9. The fraction of sp³-hybridized carbons (Fsp3) is 0.441. The summed E-state index contributed by atoms with van der Waals surface area (Å²) in [6, 6.07) is 14.8. The van der Waals surface area contributed by atoms with Crippen LogP contribution in [0.25, 0.3) is 10.8 Å². The topological polar surface area (TPSA) is 106 Å². The number of aromatic nitrogens is 2. The number of likely N-dealkylation sites (tertiary alicyclic amines) is 1. The number of hydrogen-bond acceptors (Lipinski definition) is 8. The van der Waals surface area contributed by atoms with Gasteiger partial charge in [0.1, 0.15) is 12.5 Å². The molecule has 45 heavy (non-hydrogen) atoms. The number of nitriles is 1. The van der Waals surface area contributed by atoms with Gasteiger partial charge in [-0.25, -0.2) is 4.39 Å². The summed E-state index contributed by atoms with van der Waals surface area (Å²) >= 11 is 0. The molecule has 11 heteroatoms. The first-order valence-corrected chi connectivity index (χ1v) is 15.5. The predicted octanol–water partition coefficient (Wildman–Crippen LogP) is 3.81. The van der Waals surface area contributed by atoms with E-state index in [4.69, 9.17) is 14.7 Å². The Morgan fingerprint density at radius 2 is 1.96 bits per heavy atom. The van der Waals surface area contributed by atoms with E-state index in [1.54, 1.807) is 16.8 Å². The number of rotatable bonds is 8. The molecule has 234 valence electrons. The van der Waals surface area contributed by atoms with Gasteiger partial charge < -0.3 is 24.3 Å². The standard InChI is InChI=1S/C34H38FN7O3/c1-23-6-3-7-25-8-4-9-29(32(23)25)40-15-12-27-28(21-40)37-34(45-22-24-18-31(44)39(2)19-24)38-33(27)41-16-17-42(26(20-41)11-14-36)30(43)10-5-13-35/h3-10,24,26H,11-13,15-22H2,1-2H3/b10-5+/t24?,26-/m0/s1. The molecule has 1 unspecified atom stereocenters. The first-order valence-electron chi connectivity index (χ1n) is 15.5. The zero-order valence-corrected chi connectivity index (χ0v) is 25.8. The van der Waals surface area contributed by atoms with Gasteiger partial charge in [-0.1, -0.05) is 30.3 Å². The number of halogens is 1. The van der Waals surface area contributed by atoms with Crippen LogP contribution in [-0.4, -0.2) is 90.7 Å². The van der Waals surface area contributed by atoms with Crippen molar-refractivity contribution in [3.63, 3.8) is 0 Å². The highest BCUT2D eigenvalue weighted by atomic mass is 19.1. The molecule has 0 bridgehead atoms. The van der Waals surface area contributed by atoms with E-state index in [1.165, 1.54) is 28.5 Å². The molecular weight excluding hydrogens is 573 g/mol. The molecule has 3 aliphatic rings. The maximum Gasteiger partial charge on any atom is 0.318 e. The number of alkyl halides is 1. The predicted molar refractivity (Wildman–Crippen MR) is 170 cm³/mol. The second kappa shape index (κ2) is 13.1. The normalized spacial score (nSPS) is 20.2. The highest BCUT2D eigenvalue weighted by Crippen LogP contribution is 2.36. The summed E-state index contributed by atoms with van der Waals surface area (Å²) in [4.78, 5) is 42.6. The third kappa shape index (κ3) is 6.27. The lowest BCUT2D eigenvalue weighted by Crippen LogP contribution is -2.55. The Kier molecular flexibility index (Phi) is 8.83. The second-order valence-corrected chi connectivity index (χ2v) is 12.1. The van der Waals surface area contributed by atoms with Gasteiger partial charge in [-0.2, -0.15) is 15.2 Å². The number of benzene rings is 2. The lowest BCUT2D eigenvalue weighted by molar-refractivity contribution is -0.128. The highest BCUT2D eigenvalue weighted by molar-refractivity contribution is 5.97. The third-order valence-electron chi connectivity index (χ3n) is 9.07. The number of aryl methyl sites for hydroxylation is 1. The summed E-state index contributed by atoms with van der Waals surface area (Å²) in [5.74, 6) is 0.637. The average Bonchev–Trinajstić information content (AvgIpc) is 3.38. The van der Waals surface area contributed by atoms with Crippen LogP contribution in [0.4, 0.5) is 15.9 Å². The van der Waals surface area contributed by atoms with Crippen LogP contribution in [-0.2, 0) is 22.6 Å². The van der Waals surface area contributed by atoms with Crippen molar-refractivity contribution in [3.05, 3.63) is 65.4 Å². The number of allylic oxidation sites excluding steroid dienone is 1. The van der Waals surface area contributed by atoms with Crippen LogP contribution in [0.2, 0.25) is 0 Å². The van der Waals surface area contributed by atoms with Crippen LogP contribution in [0.1, 0.15) is 29.7 Å². The fourth-order valence-corrected chi connectivity index (χ4v) is 6.81. The zero-order chi connectivity index (χ0) is 31.5. The molecule has 2 atom stereocenters. The summed E-state index contributed by atoms with van der Waals surface area (Å²) in [7, 11) is 1.80. The van der Waals surface area contributed by atoms with Crippen molar-refractivity contribution >= 4 is 34.1 Å². The first kappa shape index (κ1) is 30.3. The number of carbonyl (C=O) groups is 2. The number of fused-ring (bicyclic) bond motifs is 2. The molecule has 0 N–H and O–H groups in total. The van der Waals surface area contributed by atoms with E-state index in [0.717, 1.165) is 35.7 Å². The number of ether oxygens (including phenoxy) is 1. The first-order chi connectivity index (χ1) is 21.9. The van der Waals surface area contributed by atoms with Gasteiger partial charge in [0.05, 0.1) is 37.4 Å². The van der Waals surface area contributed by atoms with E-state index in [0.29, 0.717) is 45.8 Å². The van der Waals surface area contributed by atoms with Crippen LogP contribution >= 0.6 is 0 Å². The molecule has 2 fully saturated rings. The van der Waals surface area contributed by atoms with Crippen LogP contribution in [0, 0.1) is 24.2 Å². The Morgan fingerprint density at radius 3 is 2.71 bits per heavy atom. The maximum atomic E-state index is 12.8. The number of carbonyl (C=O) groups excluding carboxylic acids is 2. The number of nitrogens with zero attached hydrogens (tertiary/aromatic N) is 7. The van der Waals surface area contributed by atoms with Crippen molar-refractivity contribution in [2.45, 2.75) is 38.8 Å². The average molecular weight is 612 g/mol. The van der Waals surface area contributed by atoms with Crippen LogP contribution in [0.5, 0.6) is 6.01 Å². The molecule has 2 amide bonds. The van der Waals surface area contributed by atoms with E-state index in [9.17, 15) is 19.2 Å². The molecule has 0 aliphatic carbocycles. The number of anilines is 2. The molecule has 1 aromatic heterocycles. The summed E-state index contributed by atoms with van der Waals surface area (Å²) in [5.41, 5.74) is 4.30. The molecule has 0 spiro atoms. The summed E-state index contributed by atoms with van der Waals surface area (Å²) in [6.45, 7) is 5.05.